The molecular formula is C29H49NO3. The summed E-state index contributed by atoms with van der Waals surface area (Å²) in [4.78, 5) is 12.0. The van der Waals surface area contributed by atoms with Gasteiger partial charge in [-0.15, -0.1) is 0 Å². The number of amides is 1. The molecule has 0 bridgehead atoms. The molecule has 1 amide bonds. The molecule has 4 nitrogen and oxygen atoms in total. The molecule has 4 heteroatoms. The zero-order chi connectivity index (χ0) is 23.6. The van der Waals surface area contributed by atoms with E-state index in [9.17, 15) is 4.79 Å². The van der Waals surface area contributed by atoms with Crippen LogP contribution in [0, 0.1) is 40.4 Å². The maximum Gasteiger partial charge on any atom is 0.407 e. The van der Waals surface area contributed by atoms with Crippen LogP contribution in [-0.4, -0.2) is 30.5 Å². The highest BCUT2D eigenvalue weighted by Gasteiger charge is 2.58. The maximum absolute atomic E-state index is 12.0. The fourth-order valence-corrected chi connectivity index (χ4v) is 8.61. The second-order valence-electron chi connectivity index (χ2n) is 12.7. The molecule has 2 N–H and O–H groups in total. The molecule has 4 rings (SSSR count). The smallest absolute Gasteiger partial charge is 0.407 e. The minimum Gasteiger partial charge on any atom is -0.446 e. The molecular weight excluding hydrogens is 410 g/mol. The van der Waals surface area contributed by atoms with Crippen LogP contribution < -0.4 is 5.32 Å². The number of aliphatic hydroxyl groups excluding tert-OH is 1. The minimum absolute atomic E-state index is 0.0184. The Balaban J connectivity index is 1.39. The summed E-state index contributed by atoms with van der Waals surface area (Å²) in [6, 6.07) is 0. The van der Waals surface area contributed by atoms with Gasteiger partial charge in [0, 0.05) is 13.0 Å². The van der Waals surface area contributed by atoms with Crippen molar-refractivity contribution in [2.24, 2.45) is 40.4 Å². The van der Waals surface area contributed by atoms with Crippen LogP contribution >= 0.6 is 0 Å². The lowest BCUT2D eigenvalue weighted by molar-refractivity contribution is -0.0519. The average molecular weight is 460 g/mol. The zero-order valence-electron chi connectivity index (χ0n) is 21.7. The van der Waals surface area contributed by atoms with E-state index in [1.54, 1.807) is 5.57 Å². The van der Waals surface area contributed by atoms with E-state index >= 15 is 0 Å². The summed E-state index contributed by atoms with van der Waals surface area (Å²) in [5.74, 6) is 4.34. The van der Waals surface area contributed by atoms with Gasteiger partial charge in [-0.05, 0) is 91.8 Å². The first-order chi connectivity index (χ1) is 15.8. The van der Waals surface area contributed by atoms with Crippen LogP contribution in [0.2, 0.25) is 0 Å². The second kappa shape index (κ2) is 10.3. The largest absolute Gasteiger partial charge is 0.446 e. The van der Waals surface area contributed by atoms with Gasteiger partial charge in [-0.3, -0.25) is 0 Å². The number of alkyl carbamates (subject to hydrolysis) is 1. The molecule has 4 aliphatic carbocycles. The maximum atomic E-state index is 12.0. The lowest BCUT2D eigenvalue weighted by Gasteiger charge is -2.58. The van der Waals surface area contributed by atoms with Gasteiger partial charge in [0.05, 0.1) is 6.61 Å². The van der Waals surface area contributed by atoms with Crippen LogP contribution in [0.1, 0.15) is 105 Å². The fraction of sp³-hybridized carbons (Fsp3) is 0.897. The van der Waals surface area contributed by atoms with Crippen LogP contribution in [0.15, 0.2) is 11.6 Å². The van der Waals surface area contributed by atoms with Crippen LogP contribution in [-0.2, 0) is 4.74 Å². The van der Waals surface area contributed by atoms with E-state index in [0.29, 0.717) is 10.8 Å². The number of nitrogens with one attached hydrogen (secondary N) is 1. The Morgan fingerprint density at radius 3 is 2.73 bits per heavy atom. The van der Waals surface area contributed by atoms with E-state index in [2.05, 4.69) is 39.1 Å². The van der Waals surface area contributed by atoms with E-state index in [-0.39, 0.29) is 25.3 Å². The van der Waals surface area contributed by atoms with Gasteiger partial charge in [0.15, 0.2) is 0 Å². The normalized spacial score (nSPS) is 39.9. The highest BCUT2D eigenvalue weighted by Crippen LogP contribution is 2.66. The van der Waals surface area contributed by atoms with E-state index in [4.69, 9.17) is 9.84 Å². The predicted molar refractivity (Wildman–Crippen MR) is 134 cm³/mol. The Hall–Kier alpha value is -1.03. The molecule has 4 aliphatic rings. The molecule has 0 aromatic rings. The lowest BCUT2D eigenvalue weighted by atomic mass is 9.47. The van der Waals surface area contributed by atoms with E-state index in [1.807, 2.05) is 0 Å². The zero-order valence-corrected chi connectivity index (χ0v) is 21.7. The van der Waals surface area contributed by atoms with E-state index < -0.39 is 0 Å². The Bertz CT molecular complexity index is 718. The third kappa shape index (κ3) is 5.02. The first-order valence-corrected chi connectivity index (χ1v) is 14.0. The number of unbranched alkanes of at least 4 members (excludes halogenated alkanes) is 1. The Morgan fingerprint density at radius 2 is 1.97 bits per heavy atom. The molecule has 0 saturated heterocycles. The van der Waals surface area contributed by atoms with Gasteiger partial charge in [0.2, 0.25) is 0 Å². The van der Waals surface area contributed by atoms with Crippen molar-refractivity contribution in [3.63, 3.8) is 0 Å². The van der Waals surface area contributed by atoms with Gasteiger partial charge in [0.25, 0.3) is 0 Å². The molecule has 7 unspecified atom stereocenters. The van der Waals surface area contributed by atoms with Crippen molar-refractivity contribution in [1.82, 2.24) is 5.32 Å². The summed E-state index contributed by atoms with van der Waals surface area (Å²) < 4.78 is 5.68. The molecule has 0 aliphatic heterocycles. The molecule has 188 valence electrons. The monoisotopic (exact) mass is 459 g/mol. The molecule has 0 radical (unpaired) electrons. The van der Waals surface area contributed by atoms with Gasteiger partial charge < -0.3 is 15.2 Å². The average Bonchev–Trinajstić information content (AvgIpc) is 3.11. The summed E-state index contributed by atoms with van der Waals surface area (Å²) in [5, 5.41) is 11.5. The third-order valence-corrected chi connectivity index (χ3v) is 10.5. The van der Waals surface area contributed by atoms with Crippen LogP contribution in [0.25, 0.3) is 0 Å². The third-order valence-electron chi connectivity index (χ3n) is 10.5. The first kappa shape index (κ1) is 25.1. The van der Waals surface area contributed by atoms with E-state index in [1.165, 1.54) is 57.8 Å². The van der Waals surface area contributed by atoms with E-state index in [0.717, 1.165) is 48.9 Å². The van der Waals surface area contributed by atoms with Gasteiger partial charge in [-0.2, -0.15) is 0 Å². The SMILES string of the molecule is CC(C)CCCCC1CCC2C3CC=C4CC(OC(=O)NCCO)CCC4(C)C3CCC12C. The number of hydrogen-bond donors (Lipinski definition) is 2. The molecule has 0 aromatic heterocycles. The van der Waals surface area contributed by atoms with Crippen molar-refractivity contribution in [1.29, 1.82) is 0 Å². The van der Waals surface area contributed by atoms with Gasteiger partial charge in [-0.25, -0.2) is 4.79 Å². The molecule has 7 atom stereocenters. The van der Waals surface area contributed by atoms with Crippen molar-refractivity contribution in [2.75, 3.05) is 13.2 Å². The predicted octanol–water partition coefficient (Wildman–Crippen LogP) is 6.87. The van der Waals surface area contributed by atoms with Crippen molar-refractivity contribution >= 4 is 6.09 Å². The number of ether oxygens (including phenoxy) is 1. The molecule has 0 heterocycles. The molecule has 3 fully saturated rings. The van der Waals surface area contributed by atoms with Crippen molar-refractivity contribution < 1.29 is 14.6 Å². The molecule has 0 aromatic carbocycles. The summed E-state index contributed by atoms with van der Waals surface area (Å²) in [5.41, 5.74) is 2.41. The van der Waals surface area contributed by atoms with Gasteiger partial charge >= 0.3 is 6.09 Å². The van der Waals surface area contributed by atoms with Crippen molar-refractivity contribution in [3.8, 4) is 0 Å². The summed E-state index contributed by atoms with van der Waals surface area (Å²) >= 11 is 0. The standard InChI is InChI=1S/C29H49NO3/c1-20(2)7-5-6-8-21-10-12-25-24-11-9-22-19-23(33-27(32)30-17-18-31)13-15-29(22,4)26(24)14-16-28(21,25)3/h9,20-21,23-26,31H,5-8,10-19H2,1-4H3,(H,30,32). The number of fused-ring (bicyclic) bond motifs is 5. The van der Waals surface area contributed by atoms with Crippen LogP contribution in [0.3, 0.4) is 0 Å². The topological polar surface area (TPSA) is 58.6 Å². The number of rotatable bonds is 8. The van der Waals surface area contributed by atoms with Gasteiger partial charge in [-0.1, -0.05) is 58.6 Å². The number of allylic oxidation sites excluding steroid dienone is 1. The van der Waals surface area contributed by atoms with Crippen LogP contribution in [0.4, 0.5) is 4.79 Å². The van der Waals surface area contributed by atoms with Crippen LogP contribution in [0.5, 0.6) is 0 Å². The number of aliphatic hydroxyl groups is 1. The number of carbonyl (C=O) groups is 1. The summed E-state index contributed by atoms with van der Waals surface area (Å²) in [7, 11) is 0. The quantitative estimate of drug-likeness (QED) is 0.308. The molecule has 0 spiro atoms. The Kier molecular flexibility index (Phi) is 7.83. The second-order valence-corrected chi connectivity index (χ2v) is 12.7. The minimum atomic E-state index is -0.384. The highest BCUT2D eigenvalue weighted by molar-refractivity contribution is 5.67. The molecule has 3 saturated carbocycles. The number of carbonyl (C=O) groups excluding carboxylic acids is 1. The van der Waals surface area contributed by atoms with Gasteiger partial charge in [0.1, 0.15) is 6.10 Å². The fourth-order valence-electron chi connectivity index (χ4n) is 8.61. The Morgan fingerprint density at radius 1 is 1.15 bits per heavy atom. The summed E-state index contributed by atoms with van der Waals surface area (Å²) in [6.07, 6.45) is 17.8. The Labute approximate surface area is 202 Å². The van der Waals surface area contributed by atoms with Crippen molar-refractivity contribution in [3.05, 3.63) is 11.6 Å². The number of hydrogen-bond acceptors (Lipinski definition) is 3. The highest BCUT2D eigenvalue weighted by atomic mass is 16.6. The van der Waals surface area contributed by atoms with Crippen molar-refractivity contribution in [2.45, 2.75) is 111 Å². The first-order valence-electron chi connectivity index (χ1n) is 14.0. The summed E-state index contributed by atoms with van der Waals surface area (Å²) in [6.45, 7) is 10.1. The molecule has 33 heavy (non-hydrogen) atoms. The lowest BCUT2D eigenvalue weighted by Crippen LogP contribution is -2.50.